The fourth-order valence-corrected chi connectivity index (χ4v) is 1.21. The first-order valence-electron chi connectivity index (χ1n) is 3.23. The van der Waals surface area contributed by atoms with Crippen LogP contribution in [0.4, 0.5) is 0 Å². The summed E-state index contributed by atoms with van der Waals surface area (Å²) in [4.78, 5) is -0.151. The predicted molar refractivity (Wildman–Crippen MR) is 52.5 cm³/mol. The Balaban J connectivity index is 0.000000671. The van der Waals surface area contributed by atoms with Crippen LogP contribution in [0.2, 0.25) is 5.02 Å². The van der Waals surface area contributed by atoms with E-state index >= 15 is 0 Å². The largest absolute Gasteiger partial charge is 0.294 e. The Hall–Kier alpha value is -0.840. The third kappa shape index (κ3) is 4.07. The summed E-state index contributed by atoms with van der Waals surface area (Å²) >= 11 is 5.49. The molecule has 1 rings (SSSR count). The van der Waals surface area contributed by atoms with E-state index in [0.29, 0.717) is 5.02 Å². The Morgan fingerprint density at radius 2 is 1.54 bits per heavy atom. The summed E-state index contributed by atoms with van der Waals surface area (Å²) in [5, 5.41) is 0.428. The number of benzene rings is 1. The number of hydrogen-bond donors (Lipinski definition) is 1. The first-order valence-corrected chi connectivity index (χ1v) is 5.05. The molecule has 1 aromatic carbocycles. The molecule has 0 heterocycles. The smallest absolute Gasteiger partial charge is 0.282 e. The second-order valence-corrected chi connectivity index (χ2v) is 3.79. The molecule has 5 heteroatoms. The first-order chi connectivity index (χ1) is 6.00. The van der Waals surface area contributed by atoms with Crippen molar-refractivity contribution in [1.82, 2.24) is 0 Å². The van der Waals surface area contributed by atoms with Gasteiger partial charge < -0.3 is 0 Å². The Bertz CT molecular complexity index is 355. The van der Waals surface area contributed by atoms with Crippen LogP contribution >= 0.6 is 11.6 Å². The van der Waals surface area contributed by atoms with Crippen molar-refractivity contribution in [3.63, 3.8) is 0 Å². The van der Waals surface area contributed by atoms with Crippen molar-refractivity contribution in [2.24, 2.45) is 0 Å². The third-order valence-electron chi connectivity index (χ3n) is 1.11. The SMILES string of the molecule is C=C.O=S(=O)(O)c1ccc(Cl)cc1. The molecule has 0 saturated carbocycles. The van der Waals surface area contributed by atoms with Crippen LogP contribution in [-0.2, 0) is 10.1 Å². The minimum Gasteiger partial charge on any atom is -0.282 e. The van der Waals surface area contributed by atoms with Gasteiger partial charge in [-0.3, -0.25) is 4.55 Å². The molecule has 0 atom stereocenters. The van der Waals surface area contributed by atoms with Gasteiger partial charge in [0.2, 0.25) is 0 Å². The van der Waals surface area contributed by atoms with Crippen LogP contribution in [-0.4, -0.2) is 13.0 Å². The van der Waals surface area contributed by atoms with Crippen LogP contribution < -0.4 is 0 Å². The van der Waals surface area contributed by atoms with Gasteiger partial charge in [-0.1, -0.05) is 11.6 Å². The lowest BCUT2D eigenvalue weighted by molar-refractivity contribution is 0.483. The monoisotopic (exact) mass is 220 g/mol. The first kappa shape index (κ1) is 12.2. The molecule has 0 unspecified atom stereocenters. The average Bonchev–Trinajstić information content (AvgIpc) is 2.07. The molecule has 0 radical (unpaired) electrons. The van der Waals surface area contributed by atoms with E-state index in [1.165, 1.54) is 24.3 Å². The van der Waals surface area contributed by atoms with Crippen molar-refractivity contribution in [2.45, 2.75) is 4.90 Å². The fourth-order valence-electron chi connectivity index (χ4n) is 0.607. The van der Waals surface area contributed by atoms with E-state index in [1.54, 1.807) is 0 Å². The molecule has 0 spiro atoms. The maximum Gasteiger partial charge on any atom is 0.294 e. The van der Waals surface area contributed by atoms with Gasteiger partial charge in [0.25, 0.3) is 10.1 Å². The van der Waals surface area contributed by atoms with Gasteiger partial charge in [0.15, 0.2) is 0 Å². The minimum atomic E-state index is -4.08. The second kappa shape index (κ2) is 5.01. The molecule has 0 amide bonds. The van der Waals surface area contributed by atoms with Crippen LogP contribution in [0.25, 0.3) is 0 Å². The number of rotatable bonds is 1. The molecule has 0 aliphatic carbocycles. The molecule has 1 N–H and O–H groups in total. The lowest BCUT2D eigenvalue weighted by Gasteiger charge is -1.94. The topological polar surface area (TPSA) is 54.4 Å². The summed E-state index contributed by atoms with van der Waals surface area (Å²) in [6.45, 7) is 6.00. The summed E-state index contributed by atoms with van der Waals surface area (Å²) in [6, 6.07) is 5.25. The molecule has 1 aromatic rings. The van der Waals surface area contributed by atoms with E-state index < -0.39 is 10.1 Å². The van der Waals surface area contributed by atoms with E-state index in [2.05, 4.69) is 13.2 Å². The van der Waals surface area contributed by atoms with E-state index in [4.69, 9.17) is 16.2 Å². The van der Waals surface area contributed by atoms with Gasteiger partial charge in [-0.05, 0) is 24.3 Å². The molecule has 3 nitrogen and oxygen atoms in total. The van der Waals surface area contributed by atoms with Crippen LogP contribution in [0.3, 0.4) is 0 Å². The van der Waals surface area contributed by atoms with Crippen molar-refractivity contribution in [2.75, 3.05) is 0 Å². The highest BCUT2D eigenvalue weighted by Gasteiger charge is 2.07. The molecule has 13 heavy (non-hydrogen) atoms. The maximum absolute atomic E-state index is 10.5. The lowest BCUT2D eigenvalue weighted by atomic mass is 10.4. The zero-order chi connectivity index (χ0) is 10.5. The van der Waals surface area contributed by atoms with Crippen molar-refractivity contribution in [1.29, 1.82) is 0 Å². The van der Waals surface area contributed by atoms with Gasteiger partial charge in [-0.15, -0.1) is 13.2 Å². The molecule has 0 saturated heterocycles. The Morgan fingerprint density at radius 1 is 1.15 bits per heavy atom. The van der Waals surface area contributed by atoms with E-state index in [9.17, 15) is 8.42 Å². The Kier molecular flexibility index (Phi) is 4.69. The van der Waals surface area contributed by atoms with E-state index in [-0.39, 0.29) is 4.90 Å². The van der Waals surface area contributed by atoms with E-state index in [1.807, 2.05) is 0 Å². The maximum atomic E-state index is 10.5. The van der Waals surface area contributed by atoms with Crippen LogP contribution in [0.1, 0.15) is 0 Å². The Morgan fingerprint density at radius 3 is 1.85 bits per heavy atom. The summed E-state index contributed by atoms with van der Waals surface area (Å²) in [7, 11) is -4.08. The van der Waals surface area contributed by atoms with Gasteiger partial charge in [0.05, 0.1) is 4.90 Å². The van der Waals surface area contributed by atoms with Crippen LogP contribution in [0.5, 0.6) is 0 Å². The zero-order valence-electron chi connectivity index (χ0n) is 6.77. The van der Waals surface area contributed by atoms with Gasteiger partial charge in [0, 0.05) is 5.02 Å². The highest BCUT2D eigenvalue weighted by Crippen LogP contribution is 2.12. The number of halogens is 1. The standard InChI is InChI=1S/C6H5ClO3S.C2H4/c7-5-1-3-6(4-2-5)11(8,9)10;1-2/h1-4H,(H,8,9,10);1-2H2. The molecular formula is C8H9ClO3S. The predicted octanol–water partition coefficient (Wildman–Crippen LogP) is 2.39. The van der Waals surface area contributed by atoms with Gasteiger partial charge >= 0.3 is 0 Å². The lowest BCUT2D eigenvalue weighted by Crippen LogP contribution is -1.96. The normalized spacial score (nSPS) is 10.0. The van der Waals surface area contributed by atoms with Crippen molar-refractivity contribution < 1.29 is 13.0 Å². The van der Waals surface area contributed by atoms with Crippen LogP contribution in [0, 0.1) is 0 Å². The average molecular weight is 221 g/mol. The number of hydrogen-bond acceptors (Lipinski definition) is 2. The summed E-state index contributed by atoms with van der Waals surface area (Å²) in [6.07, 6.45) is 0. The van der Waals surface area contributed by atoms with Gasteiger partial charge in [0.1, 0.15) is 0 Å². The third-order valence-corrected chi connectivity index (χ3v) is 2.23. The second-order valence-electron chi connectivity index (χ2n) is 1.93. The summed E-state index contributed by atoms with van der Waals surface area (Å²) in [5.74, 6) is 0. The van der Waals surface area contributed by atoms with E-state index in [0.717, 1.165) is 0 Å². The minimum absolute atomic E-state index is 0.151. The summed E-state index contributed by atoms with van der Waals surface area (Å²) in [5.41, 5.74) is 0. The molecule has 0 fully saturated rings. The molecular weight excluding hydrogens is 212 g/mol. The quantitative estimate of drug-likeness (QED) is 0.584. The van der Waals surface area contributed by atoms with Gasteiger partial charge in [-0.25, -0.2) is 0 Å². The molecule has 0 aromatic heterocycles. The highest BCUT2D eigenvalue weighted by molar-refractivity contribution is 7.85. The highest BCUT2D eigenvalue weighted by atomic mass is 35.5. The fraction of sp³-hybridized carbons (Fsp3) is 0. The van der Waals surface area contributed by atoms with Crippen molar-refractivity contribution in [3.8, 4) is 0 Å². The Labute approximate surface area is 82.4 Å². The van der Waals surface area contributed by atoms with Crippen molar-refractivity contribution >= 4 is 21.7 Å². The molecule has 72 valence electrons. The van der Waals surface area contributed by atoms with Crippen LogP contribution in [0.15, 0.2) is 42.3 Å². The molecule has 0 bridgehead atoms. The molecule has 0 aliphatic heterocycles. The zero-order valence-corrected chi connectivity index (χ0v) is 8.35. The molecule has 0 aliphatic rings. The van der Waals surface area contributed by atoms with Crippen molar-refractivity contribution in [3.05, 3.63) is 42.4 Å². The van der Waals surface area contributed by atoms with Gasteiger partial charge in [-0.2, -0.15) is 8.42 Å². The summed E-state index contributed by atoms with van der Waals surface area (Å²) < 4.78 is 29.4.